The van der Waals surface area contributed by atoms with Gasteiger partial charge in [0.25, 0.3) is 5.91 Å². The normalized spacial score (nSPS) is 28.3. The predicted molar refractivity (Wildman–Crippen MR) is 107 cm³/mol. The molecule has 1 aliphatic carbocycles. The van der Waals surface area contributed by atoms with Gasteiger partial charge in [-0.25, -0.2) is 0 Å². The number of carbonyl (C=O) groups excluding carboxylic acids is 3. The first-order chi connectivity index (χ1) is 14.1. The van der Waals surface area contributed by atoms with E-state index in [1.807, 2.05) is 12.1 Å². The molecule has 1 aromatic rings. The Morgan fingerprint density at radius 3 is 2.72 bits per heavy atom. The first kappa shape index (κ1) is 18.8. The minimum absolute atomic E-state index is 0.0690. The molecular formula is C22H28N4O3. The van der Waals surface area contributed by atoms with Gasteiger partial charge in [0.05, 0.1) is 0 Å². The summed E-state index contributed by atoms with van der Waals surface area (Å²) in [5.41, 5.74) is 2.82. The van der Waals surface area contributed by atoms with Crippen LogP contribution in [-0.2, 0) is 22.7 Å². The van der Waals surface area contributed by atoms with Gasteiger partial charge in [0, 0.05) is 50.7 Å². The number of fused-ring (bicyclic) bond motifs is 1. The zero-order valence-corrected chi connectivity index (χ0v) is 16.7. The Morgan fingerprint density at radius 1 is 1.10 bits per heavy atom. The predicted octanol–water partition coefficient (Wildman–Crippen LogP) is 1.02. The topological polar surface area (TPSA) is 81.8 Å². The molecular weight excluding hydrogens is 368 g/mol. The van der Waals surface area contributed by atoms with Crippen molar-refractivity contribution in [1.29, 1.82) is 0 Å². The lowest BCUT2D eigenvalue weighted by Gasteiger charge is -2.44. The number of imide groups is 1. The van der Waals surface area contributed by atoms with Gasteiger partial charge >= 0.3 is 0 Å². The molecule has 2 atom stereocenters. The van der Waals surface area contributed by atoms with Gasteiger partial charge in [0.2, 0.25) is 11.8 Å². The average molecular weight is 396 g/mol. The van der Waals surface area contributed by atoms with E-state index in [4.69, 9.17) is 0 Å². The van der Waals surface area contributed by atoms with Crippen LogP contribution in [-0.4, -0.2) is 59.2 Å². The number of rotatable bonds is 4. The largest absolute Gasteiger partial charge is 0.322 e. The minimum Gasteiger partial charge on any atom is -0.322 e. The van der Waals surface area contributed by atoms with Gasteiger partial charge in [-0.2, -0.15) is 0 Å². The maximum atomic E-state index is 13.3. The second-order valence-electron chi connectivity index (χ2n) is 8.78. The standard InChI is InChI=1S/C22H28N4O3/c27-19-8-7-17(21(28)24-19)26-13-16-6-2-5-15(20(16)22(26)29)12-25-10-9-23-11-18(25)14-3-1-4-14/h2,5-6,14,17-18,23H,1,3-4,7-13H2,(H,24,27,28). The Hall–Kier alpha value is -2.25. The van der Waals surface area contributed by atoms with Gasteiger partial charge in [0.15, 0.2) is 0 Å². The van der Waals surface area contributed by atoms with Crippen molar-refractivity contribution in [1.82, 2.24) is 20.4 Å². The highest BCUT2D eigenvalue weighted by atomic mass is 16.2. The molecule has 0 aromatic heterocycles. The van der Waals surface area contributed by atoms with Crippen LogP contribution in [0.1, 0.15) is 53.6 Å². The number of amides is 3. The lowest BCUT2D eigenvalue weighted by molar-refractivity contribution is -0.136. The lowest BCUT2D eigenvalue weighted by atomic mass is 9.78. The molecule has 0 radical (unpaired) electrons. The van der Waals surface area contributed by atoms with Crippen LogP contribution in [0.15, 0.2) is 18.2 Å². The number of hydrogen-bond donors (Lipinski definition) is 2. The van der Waals surface area contributed by atoms with Gasteiger partial charge in [0.1, 0.15) is 6.04 Å². The Balaban J connectivity index is 1.37. The Morgan fingerprint density at radius 2 is 1.97 bits per heavy atom. The highest BCUT2D eigenvalue weighted by molar-refractivity contribution is 6.05. The summed E-state index contributed by atoms with van der Waals surface area (Å²) in [4.78, 5) is 41.3. The number of benzene rings is 1. The van der Waals surface area contributed by atoms with E-state index in [1.165, 1.54) is 19.3 Å². The second-order valence-corrected chi connectivity index (χ2v) is 8.78. The van der Waals surface area contributed by atoms with Gasteiger partial charge < -0.3 is 10.2 Å². The van der Waals surface area contributed by atoms with Crippen LogP contribution < -0.4 is 10.6 Å². The molecule has 3 amide bonds. The van der Waals surface area contributed by atoms with E-state index in [-0.39, 0.29) is 24.1 Å². The quantitative estimate of drug-likeness (QED) is 0.743. The van der Waals surface area contributed by atoms with E-state index in [0.717, 1.165) is 48.8 Å². The summed E-state index contributed by atoms with van der Waals surface area (Å²) in [7, 11) is 0. The molecule has 1 saturated carbocycles. The van der Waals surface area contributed by atoms with Gasteiger partial charge in [-0.3, -0.25) is 24.6 Å². The van der Waals surface area contributed by atoms with E-state index < -0.39 is 6.04 Å². The van der Waals surface area contributed by atoms with Crippen LogP contribution in [0.25, 0.3) is 0 Å². The Kier molecular flexibility index (Phi) is 4.87. The molecule has 5 rings (SSSR count). The van der Waals surface area contributed by atoms with Crippen molar-refractivity contribution in [2.24, 2.45) is 5.92 Å². The fourth-order valence-corrected chi connectivity index (χ4v) is 5.29. The second kappa shape index (κ2) is 7.54. The number of nitrogens with one attached hydrogen (secondary N) is 2. The molecule has 2 unspecified atom stereocenters. The monoisotopic (exact) mass is 396 g/mol. The molecule has 3 heterocycles. The molecule has 7 nitrogen and oxygen atoms in total. The molecule has 0 bridgehead atoms. The first-order valence-corrected chi connectivity index (χ1v) is 10.8. The highest BCUT2D eigenvalue weighted by Crippen LogP contribution is 2.35. The number of nitrogens with zero attached hydrogens (tertiary/aromatic N) is 2. The SMILES string of the molecule is O=C1CCC(N2Cc3cccc(CN4CCNCC4C4CCC4)c3C2=O)C(=O)N1. The van der Waals surface area contributed by atoms with Crippen LogP contribution in [0.3, 0.4) is 0 Å². The summed E-state index contributed by atoms with van der Waals surface area (Å²) in [6.07, 6.45) is 4.62. The van der Waals surface area contributed by atoms with Crippen LogP contribution in [0.5, 0.6) is 0 Å². The van der Waals surface area contributed by atoms with E-state index in [9.17, 15) is 14.4 Å². The Labute approximate surface area is 170 Å². The third kappa shape index (κ3) is 3.36. The summed E-state index contributed by atoms with van der Waals surface area (Å²) < 4.78 is 0. The van der Waals surface area contributed by atoms with Crippen LogP contribution in [0.4, 0.5) is 0 Å². The van der Waals surface area contributed by atoms with Crippen molar-refractivity contribution in [3.8, 4) is 0 Å². The fourth-order valence-electron chi connectivity index (χ4n) is 5.29. The van der Waals surface area contributed by atoms with E-state index in [0.29, 0.717) is 19.0 Å². The molecule has 154 valence electrons. The first-order valence-electron chi connectivity index (χ1n) is 10.8. The molecule has 4 aliphatic rings. The third-order valence-electron chi connectivity index (χ3n) is 7.10. The maximum absolute atomic E-state index is 13.3. The van der Waals surface area contributed by atoms with Gasteiger partial charge in [-0.1, -0.05) is 24.6 Å². The van der Waals surface area contributed by atoms with Crippen molar-refractivity contribution >= 4 is 17.7 Å². The molecule has 3 aliphatic heterocycles. The third-order valence-corrected chi connectivity index (χ3v) is 7.10. The molecule has 2 saturated heterocycles. The number of carbonyl (C=O) groups is 3. The smallest absolute Gasteiger partial charge is 0.255 e. The summed E-state index contributed by atoms with van der Waals surface area (Å²) in [5.74, 6) is 0.0867. The van der Waals surface area contributed by atoms with Crippen LogP contribution in [0.2, 0.25) is 0 Å². The van der Waals surface area contributed by atoms with Crippen molar-refractivity contribution in [3.05, 3.63) is 34.9 Å². The molecule has 7 heteroatoms. The molecule has 1 aromatic carbocycles. The number of hydrogen-bond acceptors (Lipinski definition) is 5. The molecule has 2 N–H and O–H groups in total. The summed E-state index contributed by atoms with van der Waals surface area (Å²) in [5, 5.41) is 5.91. The number of piperazine rings is 1. The number of piperidine rings is 1. The lowest BCUT2D eigenvalue weighted by Crippen LogP contribution is -2.55. The van der Waals surface area contributed by atoms with Gasteiger partial charge in [-0.05, 0) is 36.3 Å². The van der Waals surface area contributed by atoms with E-state index >= 15 is 0 Å². The summed E-state index contributed by atoms with van der Waals surface area (Å²) in [6, 6.07) is 6.06. The van der Waals surface area contributed by atoms with Crippen molar-refractivity contribution < 1.29 is 14.4 Å². The van der Waals surface area contributed by atoms with Crippen LogP contribution >= 0.6 is 0 Å². The summed E-state index contributed by atoms with van der Waals surface area (Å²) in [6.45, 7) is 4.23. The highest BCUT2D eigenvalue weighted by Gasteiger charge is 2.40. The zero-order valence-electron chi connectivity index (χ0n) is 16.7. The molecule has 0 spiro atoms. The molecule has 3 fully saturated rings. The van der Waals surface area contributed by atoms with E-state index in [2.05, 4.69) is 21.6 Å². The average Bonchev–Trinajstić information content (AvgIpc) is 2.99. The van der Waals surface area contributed by atoms with E-state index in [1.54, 1.807) is 4.90 Å². The van der Waals surface area contributed by atoms with Gasteiger partial charge in [-0.15, -0.1) is 0 Å². The fraction of sp³-hybridized carbons (Fsp3) is 0.591. The maximum Gasteiger partial charge on any atom is 0.255 e. The minimum atomic E-state index is -0.553. The van der Waals surface area contributed by atoms with Crippen molar-refractivity contribution in [2.45, 2.75) is 57.3 Å². The Bertz CT molecular complexity index is 850. The van der Waals surface area contributed by atoms with Crippen LogP contribution in [0, 0.1) is 5.92 Å². The van der Waals surface area contributed by atoms with Crippen molar-refractivity contribution in [2.75, 3.05) is 19.6 Å². The van der Waals surface area contributed by atoms with Crippen molar-refractivity contribution in [3.63, 3.8) is 0 Å². The molecule has 29 heavy (non-hydrogen) atoms. The zero-order chi connectivity index (χ0) is 20.0. The summed E-state index contributed by atoms with van der Waals surface area (Å²) >= 11 is 0.